The van der Waals surface area contributed by atoms with Crippen LogP contribution >= 0.6 is 0 Å². The number of nitrogens with one attached hydrogen (secondary N) is 1. The Hall–Kier alpha value is -2.57. The number of benzene rings is 2. The zero-order valence-corrected chi connectivity index (χ0v) is 15.7. The van der Waals surface area contributed by atoms with E-state index in [0.29, 0.717) is 31.5 Å². The van der Waals surface area contributed by atoms with Crippen LogP contribution in [0.25, 0.3) is 0 Å². The second-order valence-electron chi connectivity index (χ2n) is 7.69. The number of likely N-dealkylation sites (tertiary alicyclic amines) is 1. The SMILES string of the molecule is CC(C(=O)c1cc(F)c2c(c1)CC(=O)N2)N1CCC(O)(c2ccccc2)CC1. The summed E-state index contributed by atoms with van der Waals surface area (Å²) in [5.41, 5.74) is 1.00. The van der Waals surface area contributed by atoms with Crippen molar-refractivity contribution in [3.05, 3.63) is 65.0 Å². The van der Waals surface area contributed by atoms with Gasteiger partial charge in [-0.3, -0.25) is 14.5 Å². The first kappa shape index (κ1) is 18.8. The third-order valence-electron chi connectivity index (χ3n) is 5.94. The molecule has 6 heteroatoms. The molecule has 0 aromatic heterocycles. The Bertz CT molecular complexity index is 921. The number of anilines is 1. The maximum absolute atomic E-state index is 14.3. The number of piperidine rings is 1. The molecule has 1 atom stereocenters. The van der Waals surface area contributed by atoms with Crippen molar-refractivity contribution >= 4 is 17.4 Å². The summed E-state index contributed by atoms with van der Waals surface area (Å²) in [5, 5.41) is 13.5. The molecule has 1 unspecified atom stereocenters. The third kappa shape index (κ3) is 3.34. The Kier molecular flexibility index (Phi) is 4.77. The fourth-order valence-corrected chi connectivity index (χ4v) is 4.17. The van der Waals surface area contributed by atoms with Crippen LogP contribution in [-0.4, -0.2) is 40.8 Å². The number of carbonyl (C=O) groups excluding carboxylic acids is 2. The number of carbonyl (C=O) groups is 2. The van der Waals surface area contributed by atoms with Crippen LogP contribution < -0.4 is 5.32 Å². The van der Waals surface area contributed by atoms with Crippen molar-refractivity contribution in [3.63, 3.8) is 0 Å². The molecule has 2 N–H and O–H groups in total. The van der Waals surface area contributed by atoms with Crippen molar-refractivity contribution in [1.82, 2.24) is 4.90 Å². The van der Waals surface area contributed by atoms with E-state index in [2.05, 4.69) is 5.32 Å². The maximum atomic E-state index is 14.3. The zero-order chi connectivity index (χ0) is 19.9. The van der Waals surface area contributed by atoms with Crippen LogP contribution in [0.4, 0.5) is 10.1 Å². The molecule has 0 saturated carbocycles. The summed E-state index contributed by atoms with van der Waals surface area (Å²) in [5.74, 6) is -1.01. The fourth-order valence-electron chi connectivity index (χ4n) is 4.17. The molecule has 28 heavy (non-hydrogen) atoms. The van der Waals surface area contributed by atoms with E-state index < -0.39 is 17.5 Å². The summed E-state index contributed by atoms with van der Waals surface area (Å²) in [6.45, 7) is 2.96. The Morgan fingerprint density at radius 1 is 1.21 bits per heavy atom. The second kappa shape index (κ2) is 7.11. The number of rotatable bonds is 4. The molecule has 4 rings (SSSR count). The highest BCUT2D eigenvalue weighted by molar-refractivity contribution is 6.04. The molecule has 1 fully saturated rings. The van der Waals surface area contributed by atoms with Gasteiger partial charge in [-0.15, -0.1) is 0 Å². The van der Waals surface area contributed by atoms with Gasteiger partial charge in [0.15, 0.2) is 5.78 Å². The predicted octanol–water partition coefficient (Wildman–Crippen LogP) is 2.88. The highest BCUT2D eigenvalue weighted by Crippen LogP contribution is 2.34. The first-order valence-corrected chi connectivity index (χ1v) is 9.56. The lowest BCUT2D eigenvalue weighted by molar-refractivity contribution is -0.115. The predicted molar refractivity (Wildman–Crippen MR) is 104 cm³/mol. The van der Waals surface area contributed by atoms with Gasteiger partial charge >= 0.3 is 0 Å². The van der Waals surface area contributed by atoms with Crippen molar-refractivity contribution in [2.45, 2.75) is 37.8 Å². The Morgan fingerprint density at radius 2 is 1.89 bits per heavy atom. The number of Topliss-reactive ketones (excluding diaryl/α,β-unsaturated/α-hetero) is 1. The van der Waals surface area contributed by atoms with E-state index in [9.17, 15) is 19.1 Å². The minimum Gasteiger partial charge on any atom is -0.385 e. The van der Waals surface area contributed by atoms with E-state index in [1.165, 1.54) is 6.07 Å². The monoisotopic (exact) mass is 382 g/mol. The number of amides is 1. The first-order chi connectivity index (χ1) is 13.4. The zero-order valence-electron chi connectivity index (χ0n) is 15.7. The van der Waals surface area contributed by atoms with Gasteiger partial charge in [0.25, 0.3) is 0 Å². The lowest BCUT2D eigenvalue weighted by Gasteiger charge is -2.40. The lowest BCUT2D eigenvalue weighted by Crippen LogP contribution is -2.48. The van der Waals surface area contributed by atoms with E-state index in [1.54, 1.807) is 6.07 Å². The van der Waals surface area contributed by atoms with Crippen molar-refractivity contribution in [2.24, 2.45) is 0 Å². The van der Waals surface area contributed by atoms with E-state index in [-0.39, 0.29) is 29.4 Å². The van der Waals surface area contributed by atoms with Gasteiger partial charge in [0.05, 0.1) is 23.8 Å². The molecular weight excluding hydrogens is 359 g/mol. The fraction of sp³-hybridized carbons (Fsp3) is 0.364. The normalized spacial score (nSPS) is 19.8. The number of hydrogen-bond acceptors (Lipinski definition) is 4. The van der Waals surface area contributed by atoms with Gasteiger partial charge in [-0.1, -0.05) is 30.3 Å². The molecular formula is C22H23FN2O3. The number of fused-ring (bicyclic) bond motifs is 1. The summed E-state index contributed by atoms with van der Waals surface area (Å²) in [7, 11) is 0. The van der Waals surface area contributed by atoms with E-state index in [1.807, 2.05) is 42.2 Å². The van der Waals surface area contributed by atoms with Gasteiger partial charge in [0, 0.05) is 18.7 Å². The lowest BCUT2D eigenvalue weighted by atomic mass is 9.84. The summed E-state index contributed by atoms with van der Waals surface area (Å²) >= 11 is 0. The number of ketones is 1. The van der Waals surface area contributed by atoms with Crippen LogP contribution in [0.5, 0.6) is 0 Å². The molecule has 1 amide bonds. The number of halogens is 1. The molecule has 2 aliphatic rings. The molecule has 0 radical (unpaired) electrons. The maximum Gasteiger partial charge on any atom is 0.228 e. The second-order valence-corrected chi connectivity index (χ2v) is 7.69. The smallest absolute Gasteiger partial charge is 0.228 e. The first-order valence-electron chi connectivity index (χ1n) is 9.56. The minimum atomic E-state index is -0.883. The Balaban J connectivity index is 1.47. The van der Waals surface area contributed by atoms with Gasteiger partial charge in [-0.2, -0.15) is 0 Å². The Labute approximate surface area is 163 Å². The van der Waals surface area contributed by atoms with Crippen molar-refractivity contribution < 1.29 is 19.1 Å². The molecule has 1 saturated heterocycles. The standard InChI is InChI=1S/C22H23FN2O3/c1-14(21(27)16-11-15-13-19(26)24-20(15)18(23)12-16)25-9-7-22(28,8-10-25)17-5-3-2-4-6-17/h2-6,11-12,14,28H,7-10,13H2,1H3,(H,24,26). The van der Waals surface area contributed by atoms with E-state index in [0.717, 1.165) is 5.56 Å². The molecule has 5 nitrogen and oxygen atoms in total. The van der Waals surface area contributed by atoms with Crippen molar-refractivity contribution in [2.75, 3.05) is 18.4 Å². The summed E-state index contributed by atoms with van der Waals surface area (Å²) in [6.07, 6.45) is 1.16. The van der Waals surface area contributed by atoms with Gasteiger partial charge < -0.3 is 10.4 Å². The van der Waals surface area contributed by atoms with E-state index >= 15 is 0 Å². The summed E-state index contributed by atoms with van der Waals surface area (Å²) in [4.78, 5) is 26.5. The van der Waals surface area contributed by atoms with Crippen LogP contribution in [0.2, 0.25) is 0 Å². The molecule has 0 aliphatic carbocycles. The van der Waals surface area contributed by atoms with Crippen LogP contribution in [0.3, 0.4) is 0 Å². The van der Waals surface area contributed by atoms with Crippen LogP contribution in [0.1, 0.15) is 41.3 Å². The van der Waals surface area contributed by atoms with Crippen molar-refractivity contribution in [3.8, 4) is 0 Å². The third-order valence-corrected chi connectivity index (χ3v) is 5.94. The molecule has 2 heterocycles. The van der Waals surface area contributed by atoms with Gasteiger partial charge in [0.2, 0.25) is 5.91 Å². The van der Waals surface area contributed by atoms with E-state index in [4.69, 9.17) is 0 Å². The highest BCUT2D eigenvalue weighted by Gasteiger charge is 2.37. The van der Waals surface area contributed by atoms with Gasteiger partial charge in [0.1, 0.15) is 5.82 Å². The largest absolute Gasteiger partial charge is 0.385 e. The van der Waals surface area contributed by atoms with Crippen LogP contribution in [-0.2, 0) is 16.8 Å². The molecule has 2 aliphatic heterocycles. The van der Waals surface area contributed by atoms with Crippen LogP contribution in [0.15, 0.2) is 42.5 Å². The Morgan fingerprint density at radius 3 is 2.57 bits per heavy atom. The molecule has 146 valence electrons. The number of hydrogen-bond donors (Lipinski definition) is 2. The summed E-state index contributed by atoms with van der Waals surface area (Å²) < 4.78 is 14.3. The van der Waals surface area contributed by atoms with Crippen molar-refractivity contribution in [1.29, 1.82) is 0 Å². The van der Waals surface area contributed by atoms with Crippen LogP contribution in [0, 0.1) is 5.82 Å². The van der Waals surface area contributed by atoms with Gasteiger partial charge in [-0.25, -0.2) is 4.39 Å². The highest BCUT2D eigenvalue weighted by atomic mass is 19.1. The quantitative estimate of drug-likeness (QED) is 0.798. The molecule has 0 bridgehead atoms. The molecule has 2 aromatic carbocycles. The average molecular weight is 382 g/mol. The number of aliphatic hydroxyl groups is 1. The van der Waals surface area contributed by atoms with Gasteiger partial charge in [-0.05, 0) is 43.0 Å². The number of nitrogens with zero attached hydrogens (tertiary/aromatic N) is 1. The summed E-state index contributed by atoms with van der Waals surface area (Å²) in [6, 6.07) is 12.0. The average Bonchev–Trinajstić information content (AvgIpc) is 3.09. The molecule has 2 aromatic rings. The minimum absolute atomic E-state index is 0.0928. The topological polar surface area (TPSA) is 69.6 Å². The molecule has 0 spiro atoms.